The molecule has 1 heterocycles. The molecule has 1 aromatic heterocycles. The molecule has 0 aliphatic rings. The minimum Gasteiger partial charge on any atom is -0.489 e. The van der Waals surface area contributed by atoms with Crippen LogP contribution in [0, 0.1) is 0 Å². The van der Waals surface area contributed by atoms with E-state index in [0.29, 0.717) is 6.61 Å². The van der Waals surface area contributed by atoms with Crippen LogP contribution in [0.3, 0.4) is 0 Å². The fourth-order valence-corrected chi connectivity index (χ4v) is 2.54. The van der Waals surface area contributed by atoms with Gasteiger partial charge in [-0.3, -0.25) is 9.78 Å². The first-order valence-corrected chi connectivity index (χ1v) is 8.37. The molecule has 3 rings (SSSR count). The standard InChI is InChI=1S/C22H20N2O2/c1-17(25)24-14-11-19-7-8-21(26-16-18-5-3-2-4-6-18)15-22(19)20-9-12-23-13-10-20/h2-15H,16H2,1H3,(H,24,25). The maximum atomic E-state index is 11.1. The molecule has 3 aromatic rings. The number of hydrogen-bond acceptors (Lipinski definition) is 3. The fourth-order valence-electron chi connectivity index (χ4n) is 2.54. The number of amides is 1. The predicted octanol–water partition coefficient (Wildman–Crippen LogP) is 4.43. The molecule has 130 valence electrons. The average Bonchev–Trinajstić information content (AvgIpc) is 2.68. The van der Waals surface area contributed by atoms with Crippen molar-refractivity contribution in [2.24, 2.45) is 0 Å². The lowest BCUT2D eigenvalue weighted by Gasteiger charge is -2.11. The lowest BCUT2D eigenvalue weighted by atomic mass is 10.00. The van der Waals surface area contributed by atoms with E-state index in [1.165, 1.54) is 6.92 Å². The van der Waals surface area contributed by atoms with Crippen LogP contribution in [0.2, 0.25) is 0 Å². The van der Waals surface area contributed by atoms with Crippen LogP contribution in [-0.2, 0) is 11.4 Å². The summed E-state index contributed by atoms with van der Waals surface area (Å²) >= 11 is 0. The van der Waals surface area contributed by atoms with Gasteiger partial charge in [-0.05, 0) is 52.6 Å². The largest absolute Gasteiger partial charge is 0.489 e. The zero-order valence-electron chi connectivity index (χ0n) is 14.6. The van der Waals surface area contributed by atoms with Crippen LogP contribution in [0.1, 0.15) is 18.1 Å². The number of nitrogens with zero attached hydrogens (tertiary/aromatic N) is 1. The van der Waals surface area contributed by atoms with E-state index in [1.807, 2.05) is 66.7 Å². The van der Waals surface area contributed by atoms with E-state index in [1.54, 1.807) is 18.6 Å². The highest BCUT2D eigenvalue weighted by atomic mass is 16.5. The Morgan fingerprint density at radius 1 is 1.08 bits per heavy atom. The minimum absolute atomic E-state index is 0.102. The first kappa shape index (κ1) is 17.4. The van der Waals surface area contributed by atoms with Crippen molar-refractivity contribution in [1.29, 1.82) is 0 Å². The lowest BCUT2D eigenvalue weighted by molar-refractivity contribution is -0.118. The van der Waals surface area contributed by atoms with Crippen LogP contribution in [0.5, 0.6) is 5.75 Å². The van der Waals surface area contributed by atoms with Gasteiger partial charge in [0.1, 0.15) is 12.4 Å². The molecule has 2 aromatic carbocycles. The number of ether oxygens (including phenoxy) is 1. The second-order valence-corrected chi connectivity index (χ2v) is 5.79. The van der Waals surface area contributed by atoms with Crippen molar-refractivity contribution in [2.75, 3.05) is 0 Å². The van der Waals surface area contributed by atoms with Crippen LogP contribution in [0.4, 0.5) is 0 Å². The summed E-state index contributed by atoms with van der Waals surface area (Å²) in [6, 6.07) is 19.9. The van der Waals surface area contributed by atoms with Crippen molar-refractivity contribution in [3.63, 3.8) is 0 Å². The fraction of sp³-hybridized carbons (Fsp3) is 0.0909. The summed E-state index contributed by atoms with van der Waals surface area (Å²) in [5.74, 6) is 0.687. The van der Waals surface area contributed by atoms with Crippen LogP contribution >= 0.6 is 0 Å². The van der Waals surface area contributed by atoms with Gasteiger partial charge >= 0.3 is 0 Å². The van der Waals surface area contributed by atoms with Crippen LogP contribution in [0.25, 0.3) is 17.2 Å². The summed E-state index contributed by atoms with van der Waals surface area (Å²) in [4.78, 5) is 15.2. The smallest absolute Gasteiger partial charge is 0.220 e. The molecule has 1 amide bonds. The summed E-state index contributed by atoms with van der Waals surface area (Å²) in [5.41, 5.74) is 4.15. The quantitative estimate of drug-likeness (QED) is 0.719. The number of pyridine rings is 1. The van der Waals surface area contributed by atoms with Crippen LogP contribution < -0.4 is 10.1 Å². The van der Waals surface area contributed by atoms with Crippen molar-refractivity contribution >= 4 is 12.0 Å². The SMILES string of the molecule is CC(=O)NC=Cc1ccc(OCc2ccccc2)cc1-c1ccncc1. The van der Waals surface area contributed by atoms with Crippen LogP contribution in [-0.4, -0.2) is 10.9 Å². The lowest BCUT2D eigenvalue weighted by Crippen LogP contribution is -2.11. The van der Waals surface area contributed by atoms with E-state index < -0.39 is 0 Å². The molecule has 0 fully saturated rings. The Morgan fingerprint density at radius 2 is 1.85 bits per heavy atom. The second-order valence-electron chi connectivity index (χ2n) is 5.79. The molecular formula is C22H20N2O2. The third-order valence-corrected chi connectivity index (χ3v) is 3.81. The molecule has 4 nitrogen and oxygen atoms in total. The maximum Gasteiger partial charge on any atom is 0.220 e. The highest BCUT2D eigenvalue weighted by Gasteiger charge is 2.06. The van der Waals surface area contributed by atoms with E-state index in [0.717, 1.165) is 28.0 Å². The molecular weight excluding hydrogens is 324 g/mol. The molecule has 0 atom stereocenters. The Balaban J connectivity index is 1.86. The van der Waals surface area contributed by atoms with Gasteiger partial charge in [-0.1, -0.05) is 36.4 Å². The maximum absolute atomic E-state index is 11.1. The third kappa shape index (κ3) is 4.80. The van der Waals surface area contributed by atoms with Crippen molar-refractivity contribution in [2.45, 2.75) is 13.5 Å². The second kappa shape index (κ2) is 8.62. The van der Waals surface area contributed by atoms with Crippen molar-refractivity contribution in [3.8, 4) is 16.9 Å². The molecule has 0 spiro atoms. The Hall–Kier alpha value is -3.40. The van der Waals surface area contributed by atoms with Gasteiger partial charge in [0.05, 0.1) is 0 Å². The van der Waals surface area contributed by atoms with Gasteiger partial charge in [0, 0.05) is 25.5 Å². The number of nitrogens with one attached hydrogen (secondary N) is 1. The summed E-state index contributed by atoms with van der Waals surface area (Å²) in [6.45, 7) is 1.99. The Bertz CT molecular complexity index is 891. The molecule has 0 bridgehead atoms. The molecule has 1 N–H and O–H groups in total. The van der Waals surface area contributed by atoms with Crippen molar-refractivity contribution in [1.82, 2.24) is 10.3 Å². The van der Waals surface area contributed by atoms with E-state index >= 15 is 0 Å². The molecule has 0 saturated heterocycles. The molecule has 0 aliphatic carbocycles. The molecule has 0 saturated carbocycles. The van der Waals surface area contributed by atoms with Crippen molar-refractivity contribution < 1.29 is 9.53 Å². The zero-order valence-corrected chi connectivity index (χ0v) is 14.6. The summed E-state index contributed by atoms with van der Waals surface area (Å²) in [7, 11) is 0. The van der Waals surface area contributed by atoms with Crippen molar-refractivity contribution in [3.05, 3.63) is 90.4 Å². The number of carbonyl (C=O) groups is 1. The molecule has 0 unspecified atom stereocenters. The van der Waals surface area contributed by atoms with Gasteiger partial charge in [-0.15, -0.1) is 0 Å². The van der Waals surface area contributed by atoms with E-state index in [2.05, 4.69) is 10.3 Å². The van der Waals surface area contributed by atoms with Crippen LogP contribution in [0.15, 0.2) is 79.3 Å². The summed E-state index contributed by atoms with van der Waals surface area (Å²) in [5, 5.41) is 2.67. The van der Waals surface area contributed by atoms with Gasteiger partial charge in [0.2, 0.25) is 5.91 Å². The van der Waals surface area contributed by atoms with Gasteiger partial charge in [0.25, 0.3) is 0 Å². The first-order valence-electron chi connectivity index (χ1n) is 8.37. The number of benzene rings is 2. The average molecular weight is 344 g/mol. The summed E-state index contributed by atoms with van der Waals surface area (Å²) < 4.78 is 5.94. The van der Waals surface area contributed by atoms with Gasteiger partial charge in [-0.2, -0.15) is 0 Å². The van der Waals surface area contributed by atoms with E-state index in [4.69, 9.17) is 4.74 Å². The Morgan fingerprint density at radius 3 is 2.58 bits per heavy atom. The monoisotopic (exact) mass is 344 g/mol. The third-order valence-electron chi connectivity index (χ3n) is 3.81. The van der Waals surface area contributed by atoms with Gasteiger partial charge in [0.15, 0.2) is 0 Å². The van der Waals surface area contributed by atoms with Gasteiger partial charge < -0.3 is 10.1 Å². The Labute approximate surface area is 153 Å². The minimum atomic E-state index is -0.102. The van der Waals surface area contributed by atoms with E-state index in [-0.39, 0.29) is 5.91 Å². The number of carbonyl (C=O) groups excluding carboxylic acids is 1. The van der Waals surface area contributed by atoms with E-state index in [9.17, 15) is 4.79 Å². The predicted molar refractivity (Wildman–Crippen MR) is 103 cm³/mol. The topological polar surface area (TPSA) is 51.2 Å². The molecule has 4 heteroatoms. The molecule has 0 radical (unpaired) electrons. The summed E-state index contributed by atoms with van der Waals surface area (Å²) in [6.07, 6.45) is 7.04. The Kier molecular flexibility index (Phi) is 5.78. The normalized spacial score (nSPS) is 10.7. The number of rotatable bonds is 6. The number of aromatic nitrogens is 1. The van der Waals surface area contributed by atoms with Gasteiger partial charge in [-0.25, -0.2) is 0 Å². The molecule has 26 heavy (non-hydrogen) atoms. The highest BCUT2D eigenvalue weighted by Crippen LogP contribution is 2.29. The number of hydrogen-bond donors (Lipinski definition) is 1. The first-order chi connectivity index (χ1) is 12.7. The zero-order chi connectivity index (χ0) is 18.2. The molecule has 0 aliphatic heterocycles. The highest BCUT2D eigenvalue weighted by molar-refractivity contribution is 5.78.